The Kier molecular flexibility index (Phi) is 4.37. The lowest BCUT2D eigenvalue weighted by atomic mass is 9.88. The molecule has 0 spiro atoms. The first-order valence-corrected chi connectivity index (χ1v) is 6.65. The Bertz CT molecular complexity index is 415. The number of hydrogen-bond acceptors (Lipinski definition) is 2. The van der Waals surface area contributed by atoms with E-state index in [0.717, 1.165) is 19.3 Å². The number of amides is 1. The number of nitrogens with one attached hydrogen (secondary N) is 1. The molecule has 0 bridgehead atoms. The Balaban J connectivity index is 1.96. The van der Waals surface area contributed by atoms with Crippen molar-refractivity contribution >= 4 is 5.91 Å². The molecule has 1 aliphatic carbocycles. The summed E-state index contributed by atoms with van der Waals surface area (Å²) in [6.07, 6.45) is 3.36. The van der Waals surface area contributed by atoms with Gasteiger partial charge >= 0.3 is 0 Å². The first-order chi connectivity index (χ1) is 8.66. The van der Waals surface area contributed by atoms with Crippen LogP contribution >= 0.6 is 0 Å². The second-order valence-electron chi connectivity index (χ2n) is 5.07. The maximum atomic E-state index is 11.8. The lowest BCUT2D eigenvalue weighted by molar-refractivity contribution is -0.127. The average Bonchev–Trinajstić information content (AvgIpc) is 2.37. The Hall–Kier alpha value is -1.35. The van der Waals surface area contributed by atoms with Gasteiger partial charge in [0.1, 0.15) is 6.61 Å². The van der Waals surface area contributed by atoms with Crippen LogP contribution in [0, 0.1) is 0 Å². The molecular formula is C15H21NO2. The van der Waals surface area contributed by atoms with Crippen LogP contribution < -0.4 is 5.32 Å². The van der Waals surface area contributed by atoms with Crippen molar-refractivity contribution in [3.8, 4) is 0 Å². The third kappa shape index (κ3) is 3.33. The highest BCUT2D eigenvalue weighted by atomic mass is 16.5. The summed E-state index contributed by atoms with van der Waals surface area (Å²) in [5.41, 5.74) is 2.63. The van der Waals surface area contributed by atoms with Gasteiger partial charge in [-0.15, -0.1) is 0 Å². The fourth-order valence-electron chi connectivity index (χ4n) is 2.38. The van der Waals surface area contributed by atoms with Crippen molar-refractivity contribution in [3.63, 3.8) is 0 Å². The molecule has 1 aromatic carbocycles. The van der Waals surface area contributed by atoms with E-state index >= 15 is 0 Å². The molecular weight excluding hydrogens is 226 g/mol. The van der Waals surface area contributed by atoms with Gasteiger partial charge in [0.15, 0.2) is 0 Å². The summed E-state index contributed by atoms with van der Waals surface area (Å²) < 4.78 is 5.32. The average molecular weight is 247 g/mol. The third-order valence-electron chi connectivity index (χ3n) is 3.25. The molecule has 3 nitrogen and oxygen atoms in total. The molecule has 1 aliphatic rings. The van der Waals surface area contributed by atoms with Crippen molar-refractivity contribution in [1.82, 2.24) is 5.32 Å². The van der Waals surface area contributed by atoms with E-state index < -0.39 is 0 Å². The topological polar surface area (TPSA) is 38.3 Å². The minimum atomic E-state index is -0.0228. The van der Waals surface area contributed by atoms with Crippen LogP contribution in [0.5, 0.6) is 0 Å². The number of carbonyl (C=O) groups is 1. The molecule has 3 heteroatoms. The van der Waals surface area contributed by atoms with E-state index in [0.29, 0.717) is 0 Å². The lowest BCUT2D eigenvalue weighted by Gasteiger charge is -2.26. The highest BCUT2D eigenvalue weighted by Gasteiger charge is 2.21. The van der Waals surface area contributed by atoms with Gasteiger partial charge in [0.05, 0.1) is 12.1 Å². The Morgan fingerprint density at radius 3 is 3.00 bits per heavy atom. The standard InChI is InChI=1S/C15H21NO2/c1-11(2)18-10-15(17)16-14-9-5-7-12-6-3-4-8-13(12)14/h3-4,6,8,11,14H,5,7,9-10H2,1-2H3,(H,16,17). The highest BCUT2D eigenvalue weighted by molar-refractivity contribution is 5.77. The van der Waals surface area contributed by atoms with E-state index in [2.05, 4.69) is 23.5 Å². The van der Waals surface area contributed by atoms with Crippen molar-refractivity contribution < 1.29 is 9.53 Å². The Labute approximate surface area is 109 Å². The largest absolute Gasteiger partial charge is 0.369 e. The van der Waals surface area contributed by atoms with Crippen LogP contribution in [0.3, 0.4) is 0 Å². The zero-order valence-electron chi connectivity index (χ0n) is 11.1. The van der Waals surface area contributed by atoms with Crippen LogP contribution in [0.4, 0.5) is 0 Å². The van der Waals surface area contributed by atoms with Crippen LogP contribution in [-0.2, 0) is 16.0 Å². The molecule has 0 fully saturated rings. The van der Waals surface area contributed by atoms with Crippen LogP contribution in [0.2, 0.25) is 0 Å². The van der Waals surface area contributed by atoms with Crippen LogP contribution in [0.25, 0.3) is 0 Å². The molecule has 1 amide bonds. The summed E-state index contributed by atoms with van der Waals surface area (Å²) in [5, 5.41) is 3.07. The third-order valence-corrected chi connectivity index (χ3v) is 3.25. The highest BCUT2D eigenvalue weighted by Crippen LogP contribution is 2.29. The van der Waals surface area contributed by atoms with Crippen molar-refractivity contribution in [3.05, 3.63) is 35.4 Å². The monoisotopic (exact) mass is 247 g/mol. The van der Waals surface area contributed by atoms with Gasteiger partial charge in [-0.25, -0.2) is 0 Å². The number of rotatable bonds is 4. The minimum absolute atomic E-state index is 0.0228. The predicted molar refractivity (Wildman–Crippen MR) is 71.4 cm³/mol. The molecule has 18 heavy (non-hydrogen) atoms. The molecule has 98 valence electrons. The molecule has 0 aromatic heterocycles. The maximum absolute atomic E-state index is 11.8. The predicted octanol–water partition coefficient (Wildman–Crippen LogP) is 2.61. The lowest BCUT2D eigenvalue weighted by Crippen LogP contribution is -2.34. The summed E-state index contributed by atoms with van der Waals surface area (Å²) in [6, 6.07) is 8.51. The van der Waals surface area contributed by atoms with Gasteiger partial charge in [0.25, 0.3) is 0 Å². The molecule has 0 saturated heterocycles. The number of benzene rings is 1. The van der Waals surface area contributed by atoms with Crippen molar-refractivity contribution in [2.75, 3.05) is 6.61 Å². The quantitative estimate of drug-likeness (QED) is 0.888. The Morgan fingerprint density at radius 2 is 2.22 bits per heavy atom. The first-order valence-electron chi connectivity index (χ1n) is 6.65. The summed E-state index contributed by atoms with van der Waals surface area (Å²) in [7, 11) is 0. The first kappa shape index (κ1) is 13.1. The van der Waals surface area contributed by atoms with Gasteiger partial charge in [-0.05, 0) is 44.2 Å². The summed E-state index contributed by atoms with van der Waals surface area (Å²) >= 11 is 0. The van der Waals surface area contributed by atoms with Crippen molar-refractivity contribution in [2.24, 2.45) is 0 Å². The summed E-state index contributed by atoms with van der Waals surface area (Å²) in [5.74, 6) is -0.0228. The molecule has 0 aliphatic heterocycles. The fourth-order valence-corrected chi connectivity index (χ4v) is 2.38. The Morgan fingerprint density at radius 1 is 1.44 bits per heavy atom. The molecule has 1 unspecified atom stereocenters. The number of hydrogen-bond donors (Lipinski definition) is 1. The van der Waals surface area contributed by atoms with Crippen molar-refractivity contribution in [1.29, 1.82) is 0 Å². The van der Waals surface area contributed by atoms with Crippen molar-refractivity contribution in [2.45, 2.75) is 45.3 Å². The number of fused-ring (bicyclic) bond motifs is 1. The van der Waals surface area contributed by atoms with Crippen LogP contribution in [-0.4, -0.2) is 18.6 Å². The molecule has 1 N–H and O–H groups in total. The van der Waals surface area contributed by atoms with Gasteiger partial charge in [-0.2, -0.15) is 0 Å². The van der Waals surface area contributed by atoms with Gasteiger partial charge in [0.2, 0.25) is 5.91 Å². The number of ether oxygens (including phenoxy) is 1. The van der Waals surface area contributed by atoms with E-state index in [1.54, 1.807) is 0 Å². The molecule has 2 rings (SSSR count). The van der Waals surface area contributed by atoms with Gasteiger partial charge in [0, 0.05) is 0 Å². The molecule has 0 saturated carbocycles. The van der Waals surface area contributed by atoms with Crippen LogP contribution in [0.15, 0.2) is 24.3 Å². The van der Waals surface area contributed by atoms with Gasteiger partial charge in [-0.3, -0.25) is 4.79 Å². The second-order valence-corrected chi connectivity index (χ2v) is 5.07. The zero-order chi connectivity index (χ0) is 13.0. The molecule has 0 radical (unpaired) electrons. The maximum Gasteiger partial charge on any atom is 0.246 e. The summed E-state index contributed by atoms with van der Waals surface area (Å²) in [6.45, 7) is 4.02. The van der Waals surface area contributed by atoms with Gasteiger partial charge in [-0.1, -0.05) is 24.3 Å². The van der Waals surface area contributed by atoms with E-state index in [-0.39, 0.29) is 24.7 Å². The van der Waals surface area contributed by atoms with E-state index in [1.165, 1.54) is 11.1 Å². The summed E-state index contributed by atoms with van der Waals surface area (Å²) in [4.78, 5) is 11.8. The normalized spacial score (nSPS) is 18.5. The molecule has 1 atom stereocenters. The number of aryl methyl sites for hydroxylation is 1. The molecule has 1 aromatic rings. The fraction of sp³-hybridized carbons (Fsp3) is 0.533. The second kappa shape index (κ2) is 6.01. The zero-order valence-corrected chi connectivity index (χ0v) is 11.1. The van der Waals surface area contributed by atoms with Crippen LogP contribution in [0.1, 0.15) is 43.9 Å². The SMILES string of the molecule is CC(C)OCC(=O)NC1CCCc2ccccc21. The smallest absolute Gasteiger partial charge is 0.246 e. The van der Waals surface area contributed by atoms with Gasteiger partial charge < -0.3 is 10.1 Å². The minimum Gasteiger partial charge on any atom is -0.369 e. The van der Waals surface area contributed by atoms with E-state index in [9.17, 15) is 4.79 Å². The van der Waals surface area contributed by atoms with E-state index in [1.807, 2.05) is 19.9 Å². The number of carbonyl (C=O) groups excluding carboxylic acids is 1. The van der Waals surface area contributed by atoms with E-state index in [4.69, 9.17) is 4.74 Å². The molecule has 0 heterocycles.